The number of aromatic nitrogens is 2. The summed E-state index contributed by atoms with van der Waals surface area (Å²) < 4.78 is 7.94. The topological polar surface area (TPSA) is 39.1 Å². The van der Waals surface area contributed by atoms with Crippen molar-refractivity contribution < 1.29 is 4.74 Å². The zero-order chi connectivity index (χ0) is 12.6. The van der Waals surface area contributed by atoms with Crippen LogP contribution in [0.25, 0.3) is 0 Å². The van der Waals surface area contributed by atoms with Gasteiger partial charge in [-0.05, 0) is 19.4 Å². The van der Waals surface area contributed by atoms with E-state index in [4.69, 9.17) is 4.74 Å². The van der Waals surface area contributed by atoms with Crippen LogP contribution < -0.4 is 5.32 Å². The van der Waals surface area contributed by atoms with E-state index in [1.165, 1.54) is 6.42 Å². The second-order valence-electron chi connectivity index (χ2n) is 6.15. The number of rotatable bonds is 5. The lowest BCUT2D eigenvalue weighted by molar-refractivity contribution is -0.112. The Morgan fingerprint density at radius 1 is 1.50 bits per heavy atom. The Bertz CT molecular complexity index is 388. The van der Waals surface area contributed by atoms with Crippen molar-refractivity contribution in [2.45, 2.75) is 45.4 Å². The van der Waals surface area contributed by atoms with Crippen molar-refractivity contribution >= 4 is 0 Å². The van der Waals surface area contributed by atoms with Crippen LogP contribution in [0.5, 0.6) is 0 Å². The highest BCUT2D eigenvalue weighted by atomic mass is 16.5. The molecule has 1 aromatic rings. The number of aryl methyl sites for hydroxylation is 1. The summed E-state index contributed by atoms with van der Waals surface area (Å²) in [5.41, 5.74) is 0.302. The predicted molar refractivity (Wildman–Crippen MR) is 70.3 cm³/mol. The third kappa shape index (κ3) is 1.97. The molecule has 2 heterocycles. The van der Waals surface area contributed by atoms with Crippen molar-refractivity contribution in [2.24, 2.45) is 11.3 Å². The molecule has 1 aromatic heterocycles. The van der Waals surface area contributed by atoms with Gasteiger partial charge in [-0.3, -0.25) is 0 Å². The molecule has 2 fully saturated rings. The van der Waals surface area contributed by atoms with Gasteiger partial charge in [-0.25, -0.2) is 4.98 Å². The van der Waals surface area contributed by atoms with Crippen LogP contribution in [0, 0.1) is 11.3 Å². The normalized spacial score (nSPS) is 33.1. The molecule has 4 heteroatoms. The van der Waals surface area contributed by atoms with Gasteiger partial charge in [0.25, 0.3) is 0 Å². The van der Waals surface area contributed by atoms with E-state index in [0.717, 1.165) is 32.0 Å². The first-order valence-corrected chi connectivity index (χ1v) is 7.00. The van der Waals surface area contributed by atoms with E-state index in [2.05, 4.69) is 28.7 Å². The Morgan fingerprint density at radius 3 is 3.17 bits per heavy atom. The first-order valence-electron chi connectivity index (χ1n) is 7.00. The average Bonchev–Trinajstić information content (AvgIpc) is 2.97. The number of fused-ring (bicyclic) bond motifs is 1. The van der Waals surface area contributed by atoms with Crippen molar-refractivity contribution in [3.8, 4) is 0 Å². The number of ether oxygens (including phenoxy) is 1. The SMILES string of the molecule is CC1(C)C(NCCCn2ccnc2)C2CCOC21. The summed E-state index contributed by atoms with van der Waals surface area (Å²) in [4.78, 5) is 4.06. The monoisotopic (exact) mass is 249 g/mol. The molecule has 1 aliphatic heterocycles. The zero-order valence-electron chi connectivity index (χ0n) is 11.3. The van der Waals surface area contributed by atoms with Crippen LogP contribution >= 0.6 is 0 Å². The van der Waals surface area contributed by atoms with Crippen LogP contribution in [-0.2, 0) is 11.3 Å². The maximum absolute atomic E-state index is 5.81. The van der Waals surface area contributed by atoms with Crippen molar-refractivity contribution in [1.82, 2.24) is 14.9 Å². The van der Waals surface area contributed by atoms with Gasteiger partial charge in [-0.1, -0.05) is 13.8 Å². The summed E-state index contributed by atoms with van der Waals surface area (Å²) in [7, 11) is 0. The van der Waals surface area contributed by atoms with Crippen molar-refractivity contribution in [3.63, 3.8) is 0 Å². The molecular formula is C14H23N3O. The molecule has 0 spiro atoms. The Balaban J connectivity index is 1.43. The number of imidazole rings is 1. The molecule has 4 nitrogen and oxygen atoms in total. The van der Waals surface area contributed by atoms with E-state index in [1.54, 1.807) is 0 Å². The number of hydrogen-bond acceptors (Lipinski definition) is 3. The fraction of sp³-hybridized carbons (Fsp3) is 0.786. The van der Waals surface area contributed by atoms with Crippen LogP contribution in [-0.4, -0.2) is 34.8 Å². The lowest BCUT2D eigenvalue weighted by atomic mass is 9.57. The van der Waals surface area contributed by atoms with Gasteiger partial charge in [0.05, 0.1) is 12.4 Å². The molecule has 0 radical (unpaired) electrons. The molecule has 1 saturated carbocycles. The lowest BCUT2D eigenvalue weighted by Crippen LogP contribution is -2.65. The quantitative estimate of drug-likeness (QED) is 0.807. The van der Waals surface area contributed by atoms with Crippen molar-refractivity contribution in [3.05, 3.63) is 18.7 Å². The molecule has 1 aliphatic carbocycles. The standard InChI is InChI=1S/C14H23N3O/c1-14(2)12(11-4-9-18-13(11)14)16-5-3-7-17-8-6-15-10-17/h6,8,10-13,16H,3-5,7,9H2,1-2H3. The summed E-state index contributed by atoms with van der Waals surface area (Å²) >= 11 is 0. The Hall–Kier alpha value is -0.870. The van der Waals surface area contributed by atoms with Gasteiger partial charge in [0.1, 0.15) is 0 Å². The molecule has 3 unspecified atom stereocenters. The van der Waals surface area contributed by atoms with Gasteiger partial charge in [-0.15, -0.1) is 0 Å². The van der Waals surface area contributed by atoms with Gasteiger partial charge >= 0.3 is 0 Å². The fourth-order valence-electron chi connectivity index (χ4n) is 3.68. The molecule has 100 valence electrons. The van der Waals surface area contributed by atoms with E-state index >= 15 is 0 Å². The van der Waals surface area contributed by atoms with Crippen molar-refractivity contribution in [1.29, 1.82) is 0 Å². The average molecular weight is 249 g/mol. The number of nitrogens with one attached hydrogen (secondary N) is 1. The maximum atomic E-state index is 5.81. The smallest absolute Gasteiger partial charge is 0.0945 e. The third-order valence-electron chi connectivity index (χ3n) is 4.62. The molecule has 0 aromatic carbocycles. The third-order valence-corrected chi connectivity index (χ3v) is 4.62. The highest BCUT2D eigenvalue weighted by Crippen LogP contribution is 2.51. The van der Waals surface area contributed by atoms with E-state index in [1.807, 2.05) is 18.7 Å². The molecule has 0 amide bonds. The predicted octanol–water partition coefficient (Wildman–Crippen LogP) is 1.68. The van der Waals surface area contributed by atoms with E-state index in [-0.39, 0.29) is 0 Å². The van der Waals surface area contributed by atoms with E-state index in [0.29, 0.717) is 17.6 Å². The second kappa shape index (κ2) is 4.67. The van der Waals surface area contributed by atoms with E-state index in [9.17, 15) is 0 Å². The van der Waals surface area contributed by atoms with Crippen LogP contribution in [0.15, 0.2) is 18.7 Å². The molecule has 3 atom stereocenters. The van der Waals surface area contributed by atoms with Gasteiger partial charge in [0.15, 0.2) is 0 Å². The first-order chi connectivity index (χ1) is 8.69. The Labute approximate surface area is 109 Å². The van der Waals surface area contributed by atoms with Crippen molar-refractivity contribution in [2.75, 3.05) is 13.2 Å². The lowest BCUT2D eigenvalue weighted by Gasteiger charge is -2.55. The van der Waals surface area contributed by atoms with Gasteiger partial charge in [0, 0.05) is 42.9 Å². The molecule has 1 saturated heterocycles. The first kappa shape index (κ1) is 12.2. The van der Waals surface area contributed by atoms with Crippen LogP contribution in [0.4, 0.5) is 0 Å². The largest absolute Gasteiger partial charge is 0.377 e. The molecule has 18 heavy (non-hydrogen) atoms. The molecule has 0 bridgehead atoms. The molecule has 2 aliphatic rings. The highest BCUT2D eigenvalue weighted by molar-refractivity contribution is 5.11. The summed E-state index contributed by atoms with van der Waals surface area (Å²) in [6.45, 7) is 7.73. The van der Waals surface area contributed by atoms with Crippen LogP contribution in [0.1, 0.15) is 26.7 Å². The Kier molecular flexibility index (Phi) is 3.16. The Morgan fingerprint density at radius 2 is 2.39 bits per heavy atom. The zero-order valence-corrected chi connectivity index (χ0v) is 11.3. The number of hydrogen-bond donors (Lipinski definition) is 1. The second-order valence-corrected chi connectivity index (χ2v) is 6.15. The minimum Gasteiger partial charge on any atom is -0.377 e. The summed E-state index contributed by atoms with van der Waals surface area (Å²) in [6, 6.07) is 0.632. The number of nitrogens with zero attached hydrogens (tertiary/aromatic N) is 2. The summed E-state index contributed by atoms with van der Waals surface area (Å²) in [6.07, 6.45) is 8.61. The molecule has 1 N–H and O–H groups in total. The molecule has 3 rings (SSSR count). The van der Waals surface area contributed by atoms with Gasteiger partial charge < -0.3 is 14.6 Å². The highest BCUT2D eigenvalue weighted by Gasteiger charge is 2.58. The van der Waals surface area contributed by atoms with E-state index < -0.39 is 0 Å². The van der Waals surface area contributed by atoms with Gasteiger partial charge in [0.2, 0.25) is 0 Å². The van der Waals surface area contributed by atoms with Crippen LogP contribution in [0.3, 0.4) is 0 Å². The van der Waals surface area contributed by atoms with Crippen LogP contribution in [0.2, 0.25) is 0 Å². The van der Waals surface area contributed by atoms with Gasteiger partial charge in [-0.2, -0.15) is 0 Å². The minimum atomic E-state index is 0.302. The maximum Gasteiger partial charge on any atom is 0.0945 e. The molecular weight excluding hydrogens is 226 g/mol. The minimum absolute atomic E-state index is 0.302. The summed E-state index contributed by atoms with van der Waals surface area (Å²) in [5.74, 6) is 0.744. The fourth-order valence-corrected chi connectivity index (χ4v) is 3.68. The summed E-state index contributed by atoms with van der Waals surface area (Å²) in [5, 5.41) is 3.73.